The van der Waals surface area contributed by atoms with Crippen LogP contribution in [0.4, 0.5) is 0 Å². The van der Waals surface area contributed by atoms with Crippen molar-refractivity contribution in [1.82, 2.24) is 9.80 Å². The van der Waals surface area contributed by atoms with Crippen LogP contribution in [0.1, 0.15) is 80.0 Å². The molecule has 2 aliphatic heterocycles. The summed E-state index contributed by atoms with van der Waals surface area (Å²) in [6.45, 7) is 0. The van der Waals surface area contributed by atoms with Gasteiger partial charge in [0.2, 0.25) is 0 Å². The summed E-state index contributed by atoms with van der Waals surface area (Å²) >= 11 is 0. The van der Waals surface area contributed by atoms with Crippen LogP contribution < -0.4 is 0 Å². The molecule has 2 aromatic rings. The normalized spacial score (nSPS) is 25.4. The van der Waals surface area contributed by atoms with E-state index >= 15 is 0 Å². The molecular weight excluding hydrogens is 538 g/mol. The highest BCUT2D eigenvalue weighted by Crippen LogP contribution is 2.34. The van der Waals surface area contributed by atoms with Gasteiger partial charge in [0.15, 0.2) is 0 Å². The van der Waals surface area contributed by atoms with Crippen molar-refractivity contribution < 1.29 is 31.8 Å². The number of rotatable bonds is 5. The van der Waals surface area contributed by atoms with Crippen LogP contribution in [0.25, 0.3) is 10.4 Å². The second-order valence-electron chi connectivity index (χ2n) is 10.3. The summed E-state index contributed by atoms with van der Waals surface area (Å²) in [5, 5.41) is 3.68. The maximum Gasteiger partial charge on any atom is 0.264 e. The van der Waals surface area contributed by atoms with Crippen molar-refractivity contribution in [2.45, 2.75) is 62.8 Å². The van der Waals surface area contributed by atoms with Gasteiger partial charge in [-0.3, -0.25) is 33.2 Å². The van der Waals surface area contributed by atoms with Crippen molar-refractivity contribution >= 4 is 33.7 Å². The molecule has 208 valence electrons. The van der Waals surface area contributed by atoms with Crippen molar-refractivity contribution in [2.24, 2.45) is 5.11 Å². The van der Waals surface area contributed by atoms with Gasteiger partial charge in [0, 0.05) is 23.0 Å². The van der Waals surface area contributed by atoms with Crippen LogP contribution in [-0.4, -0.2) is 72.3 Å². The minimum Gasteiger partial charge on any atom is -0.271 e. The number of fused-ring (bicyclic) bond motifs is 2. The Balaban J connectivity index is 0.000000162. The number of hydrogen-bond donors (Lipinski definition) is 0. The molecule has 0 bridgehead atoms. The van der Waals surface area contributed by atoms with Crippen molar-refractivity contribution in [3.63, 3.8) is 0 Å². The number of benzene rings is 2. The molecule has 4 unspecified atom stereocenters. The minimum atomic E-state index is -3.52. The maximum atomic E-state index is 12.3. The molecule has 2 aromatic carbocycles. The molecule has 4 amide bonds. The van der Waals surface area contributed by atoms with Crippen LogP contribution in [0.15, 0.2) is 53.6 Å². The first-order chi connectivity index (χ1) is 19.1. The molecule has 2 saturated carbocycles. The molecule has 4 atom stereocenters. The fourth-order valence-corrected chi connectivity index (χ4v) is 6.58. The highest BCUT2D eigenvalue weighted by Gasteiger charge is 2.44. The number of amides is 4. The van der Waals surface area contributed by atoms with Crippen molar-refractivity contribution in [3.8, 4) is 0 Å². The zero-order chi connectivity index (χ0) is 28.6. The highest BCUT2D eigenvalue weighted by molar-refractivity contribution is 7.86. The van der Waals surface area contributed by atoms with Gasteiger partial charge in [-0.2, -0.15) is 8.42 Å². The van der Waals surface area contributed by atoms with Crippen LogP contribution in [-0.2, 0) is 14.3 Å². The van der Waals surface area contributed by atoms with E-state index < -0.39 is 16.2 Å². The Labute approximate surface area is 230 Å². The molecule has 0 N–H and O–H groups in total. The number of azide groups is 1. The second kappa shape index (κ2) is 10.8. The van der Waals surface area contributed by atoms with E-state index in [1.54, 1.807) is 48.5 Å². The topological polar surface area (TPSA) is 167 Å². The molecule has 2 aliphatic carbocycles. The Bertz CT molecular complexity index is 1480. The summed E-state index contributed by atoms with van der Waals surface area (Å²) in [6, 6.07) is 13.0. The molecule has 2 fully saturated rings. The fraction of sp³-hybridized carbons (Fsp3) is 0.407. The average Bonchev–Trinajstić information content (AvgIpc) is 3.67. The van der Waals surface area contributed by atoms with Crippen LogP contribution in [0, 0.1) is 0 Å². The molecule has 2 heterocycles. The Hall–Kier alpha value is -4.06. The SMILES string of the molecule is CS(=O)(=O)OC1CCC(N2C(=O)c3ccccc3C2=O)C1.[N-]=[N+]=NC1CCC(N2C(=O)c3ccccc3C2=O)C1. The van der Waals surface area contributed by atoms with Gasteiger partial charge in [0.25, 0.3) is 33.7 Å². The number of nitrogens with zero attached hydrogens (tertiary/aromatic N) is 5. The van der Waals surface area contributed by atoms with Gasteiger partial charge in [-0.15, -0.1) is 0 Å². The standard InChI is InChI=1S/C14H15NO5S.C13H12N4O2/c1-21(18,19)20-10-7-6-9(8-10)15-13(16)11-4-2-3-5-12(11)14(15)17;14-16-15-8-5-6-9(7-8)17-12(18)10-3-1-2-4-11(10)13(17)19/h2-5,9-10H,6-8H2,1H3;1-4,8-9H,5-7H2. The zero-order valence-corrected chi connectivity index (χ0v) is 22.5. The molecule has 0 aromatic heterocycles. The lowest BCUT2D eigenvalue weighted by Gasteiger charge is -2.21. The second-order valence-corrected chi connectivity index (χ2v) is 11.9. The molecule has 12 nitrogen and oxygen atoms in total. The molecule has 0 radical (unpaired) electrons. The lowest BCUT2D eigenvalue weighted by molar-refractivity contribution is 0.0566. The van der Waals surface area contributed by atoms with E-state index in [0.29, 0.717) is 54.4 Å². The molecular formula is C27H27N5O7S. The van der Waals surface area contributed by atoms with E-state index in [0.717, 1.165) is 12.7 Å². The van der Waals surface area contributed by atoms with Crippen molar-refractivity contribution in [1.29, 1.82) is 0 Å². The molecule has 13 heteroatoms. The summed E-state index contributed by atoms with van der Waals surface area (Å²) in [4.78, 5) is 54.6. The third kappa shape index (κ3) is 5.23. The Morgan fingerprint density at radius 1 is 0.750 bits per heavy atom. The van der Waals surface area contributed by atoms with Gasteiger partial charge >= 0.3 is 0 Å². The third-order valence-corrected chi connectivity index (χ3v) is 8.26. The van der Waals surface area contributed by atoms with E-state index in [-0.39, 0.29) is 41.8 Å². The Morgan fingerprint density at radius 3 is 1.60 bits per heavy atom. The largest absolute Gasteiger partial charge is 0.271 e. The summed E-state index contributed by atoms with van der Waals surface area (Å²) in [6.07, 6.45) is 3.97. The molecule has 0 spiro atoms. The first-order valence-electron chi connectivity index (χ1n) is 13.0. The van der Waals surface area contributed by atoms with Crippen LogP contribution >= 0.6 is 0 Å². The van der Waals surface area contributed by atoms with Crippen LogP contribution in [0.5, 0.6) is 0 Å². The number of hydrogen-bond acceptors (Lipinski definition) is 8. The van der Waals surface area contributed by atoms with Crippen LogP contribution in [0.3, 0.4) is 0 Å². The van der Waals surface area contributed by atoms with E-state index in [9.17, 15) is 27.6 Å². The van der Waals surface area contributed by atoms with Gasteiger partial charge < -0.3 is 0 Å². The number of carbonyl (C=O) groups is 4. The fourth-order valence-electron chi connectivity index (χ4n) is 5.91. The van der Waals surface area contributed by atoms with Gasteiger partial charge in [-0.05, 0) is 68.3 Å². The van der Waals surface area contributed by atoms with Gasteiger partial charge in [-0.1, -0.05) is 29.4 Å². The smallest absolute Gasteiger partial charge is 0.264 e. The van der Waals surface area contributed by atoms with E-state index in [1.165, 1.54) is 9.80 Å². The molecule has 4 aliphatic rings. The summed E-state index contributed by atoms with van der Waals surface area (Å²) in [5.41, 5.74) is 10.2. The third-order valence-electron chi connectivity index (χ3n) is 7.64. The molecule has 0 saturated heterocycles. The monoisotopic (exact) mass is 565 g/mol. The lowest BCUT2D eigenvalue weighted by atomic mass is 10.1. The van der Waals surface area contributed by atoms with E-state index in [2.05, 4.69) is 10.0 Å². The number of carbonyl (C=O) groups excluding carboxylic acids is 4. The van der Waals surface area contributed by atoms with Crippen molar-refractivity contribution in [2.75, 3.05) is 6.26 Å². The lowest BCUT2D eigenvalue weighted by Crippen LogP contribution is -2.38. The quantitative estimate of drug-likeness (QED) is 0.175. The van der Waals surface area contributed by atoms with Crippen LogP contribution in [0.2, 0.25) is 0 Å². The Kier molecular flexibility index (Phi) is 7.45. The predicted octanol–water partition coefficient (Wildman–Crippen LogP) is 3.69. The average molecular weight is 566 g/mol. The predicted molar refractivity (Wildman–Crippen MR) is 142 cm³/mol. The molecule has 40 heavy (non-hydrogen) atoms. The summed E-state index contributed by atoms with van der Waals surface area (Å²) in [5.74, 6) is -1.07. The number of imide groups is 2. The summed E-state index contributed by atoms with van der Waals surface area (Å²) < 4.78 is 27.3. The van der Waals surface area contributed by atoms with E-state index in [4.69, 9.17) is 9.71 Å². The van der Waals surface area contributed by atoms with E-state index in [1.807, 2.05) is 0 Å². The first kappa shape index (κ1) is 27.5. The minimum absolute atomic E-state index is 0.112. The Morgan fingerprint density at radius 2 is 1.18 bits per heavy atom. The first-order valence-corrected chi connectivity index (χ1v) is 14.8. The zero-order valence-electron chi connectivity index (χ0n) is 21.7. The maximum absolute atomic E-state index is 12.3. The van der Waals surface area contributed by atoms with Gasteiger partial charge in [0.1, 0.15) is 0 Å². The molecule has 6 rings (SSSR count). The van der Waals surface area contributed by atoms with Gasteiger partial charge in [-0.25, -0.2) is 0 Å². The van der Waals surface area contributed by atoms with Gasteiger partial charge in [0.05, 0.1) is 34.6 Å². The highest BCUT2D eigenvalue weighted by atomic mass is 32.2. The summed E-state index contributed by atoms with van der Waals surface area (Å²) in [7, 11) is -3.52. The van der Waals surface area contributed by atoms with Crippen molar-refractivity contribution in [3.05, 3.63) is 81.2 Å².